The van der Waals surface area contributed by atoms with Crippen LogP contribution in [0, 0.1) is 13.8 Å². The first-order chi connectivity index (χ1) is 13.0. The number of tetrazole rings is 1. The zero-order chi connectivity index (χ0) is 19.4. The molecule has 1 amide bonds. The van der Waals surface area contributed by atoms with Crippen molar-refractivity contribution in [1.29, 1.82) is 0 Å². The van der Waals surface area contributed by atoms with E-state index in [9.17, 15) is 4.79 Å². The molecule has 7 heteroatoms. The summed E-state index contributed by atoms with van der Waals surface area (Å²) >= 11 is 1.35. The summed E-state index contributed by atoms with van der Waals surface area (Å²) in [7, 11) is 0. The summed E-state index contributed by atoms with van der Waals surface area (Å²) in [6.07, 6.45) is 0. The summed E-state index contributed by atoms with van der Waals surface area (Å²) in [6.45, 7) is 8.08. The van der Waals surface area contributed by atoms with Crippen molar-refractivity contribution in [3.05, 3.63) is 59.7 Å². The smallest absolute Gasteiger partial charge is 0.237 e. The molecule has 3 rings (SSSR count). The highest BCUT2D eigenvalue weighted by Gasteiger charge is 2.21. The highest BCUT2D eigenvalue weighted by atomic mass is 32.2. The van der Waals surface area contributed by atoms with Gasteiger partial charge in [-0.1, -0.05) is 48.2 Å². The number of nitrogens with zero attached hydrogens (tertiary/aromatic N) is 5. The molecule has 0 aliphatic rings. The lowest BCUT2D eigenvalue weighted by atomic mass is 10.1. The Hall–Kier alpha value is -2.67. The average Bonchev–Trinajstić information content (AvgIpc) is 3.09. The van der Waals surface area contributed by atoms with E-state index < -0.39 is 0 Å². The van der Waals surface area contributed by atoms with Crippen LogP contribution in [-0.4, -0.2) is 37.9 Å². The fourth-order valence-electron chi connectivity index (χ4n) is 3.06. The van der Waals surface area contributed by atoms with Crippen molar-refractivity contribution in [2.24, 2.45) is 0 Å². The van der Waals surface area contributed by atoms with Crippen LogP contribution in [-0.2, 0) is 4.79 Å². The predicted molar refractivity (Wildman–Crippen MR) is 108 cm³/mol. The second-order valence-electron chi connectivity index (χ2n) is 6.60. The van der Waals surface area contributed by atoms with Gasteiger partial charge in [0.15, 0.2) is 0 Å². The number of hydrogen-bond donors (Lipinski definition) is 0. The maximum atomic E-state index is 12.9. The number of benzene rings is 2. The Bertz CT molecular complexity index is 903. The van der Waals surface area contributed by atoms with Crippen molar-refractivity contribution in [2.45, 2.75) is 38.9 Å². The molecule has 140 valence electrons. The lowest BCUT2D eigenvalue weighted by Gasteiger charge is -2.26. The van der Waals surface area contributed by atoms with Gasteiger partial charge in [0, 0.05) is 11.7 Å². The van der Waals surface area contributed by atoms with Crippen LogP contribution in [0.15, 0.2) is 53.7 Å². The molecular formula is C20H23N5OS. The number of rotatable bonds is 6. The summed E-state index contributed by atoms with van der Waals surface area (Å²) < 4.78 is 1.71. The maximum absolute atomic E-state index is 12.9. The molecule has 0 atom stereocenters. The minimum absolute atomic E-state index is 0.0252. The first-order valence-electron chi connectivity index (χ1n) is 8.84. The second-order valence-corrected chi connectivity index (χ2v) is 7.54. The number of anilines is 1. The fraction of sp³-hybridized carbons (Fsp3) is 0.300. The van der Waals surface area contributed by atoms with Gasteiger partial charge in [-0.05, 0) is 61.4 Å². The third-order valence-electron chi connectivity index (χ3n) is 4.24. The van der Waals surface area contributed by atoms with E-state index in [4.69, 9.17) is 0 Å². The molecule has 0 radical (unpaired) electrons. The van der Waals surface area contributed by atoms with E-state index in [1.807, 2.05) is 76.2 Å². The zero-order valence-electron chi connectivity index (χ0n) is 16.0. The summed E-state index contributed by atoms with van der Waals surface area (Å²) in [5, 5.41) is 12.7. The standard InChI is InChI=1S/C20H23N5OS/c1-14(2)24(17-11-6-5-7-12-17)18(26)13-27-20-21-22-23-25(20)19-15(3)9-8-10-16(19)4/h5-12,14H,13H2,1-4H3. The number of carbonyl (C=O) groups excluding carboxylic acids is 1. The molecule has 0 unspecified atom stereocenters. The predicted octanol–water partition coefficient (Wildman–Crippen LogP) is 3.81. The SMILES string of the molecule is Cc1cccc(C)c1-n1nnnc1SCC(=O)N(c1ccccc1)C(C)C. The van der Waals surface area contributed by atoms with Crippen LogP contribution in [0.1, 0.15) is 25.0 Å². The third kappa shape index (κ3) is 4.19. The molecule has 0 N–H and O–H groups in total. The zero-order valence-corrected chi connectivity index (χ0v) is 16.8. The highest BCUT2D eigenvalue weighted by Crippen LogP contribution is 2.25. The van der Waals surface area contributed by atoms with Gasteiger partial charge in [0.25, 0.3) is 0 Å². The monoisotopic (exact) mass is 381 g/mol. The molecule has 27 heavy (non-hydrogen) atoms. The molecule has 6 nitrogen and oxygen atoms in total. The van der Waals surface area contributed by atoms with Crippen molar-refractivity contribution in [2.75, 3.05) is 10.7 Å². The number of hydrogen-bond acceptors (Lipinski definition) is 5. The van der Waals surface area contributed by atoms with E-state index >= 15 is 0 Å². The van der Waals surface area contributed by atoms with Gasteiger partial charge in [-0.2, -0.15) is 4.68 Å². The molecule has 1 aromatic heterocycles. The van der Waals surface area contributed by atoms with E-state index in [0.717, 1.165) is 22.5 Å². The Kier molecular flexibility index (Phi) is 5.91. The quantitative estimate of drug-likeness (QED) is 0.608. The van der Waals surface area contributed by atoms with Crippen molar-refractivity contribution in [3.8, 4) is 5.69 Å². The Morgan fingerprint density at radius 3 is 2.37 bits per heavy atom. The molecule has 0 aliphatic heterocycles. The summed E-state index contributed by atoms with van der Waals surface area (Å²) in [5.74, 6) is 0.288. The van der Waals surface area contributed by atoms with E-state index in [-0.39, 0.29) is 17.7 Å². The molecule has 2 aromatic carbocycles. The fourth-order valence-corrected chi connectivity index (χ4v) is 3.80. The van der Waals surface area contributed by atoms with Crippen LogP contribution in [0.25, 0.3) is 5.69 Å². The molecule has 1 heterocycles. The Morgan fingerprint density at radius 2 is 1.74 bits per heavy atom. The van der Waals surface area contributed by atoms with Gasteiger partial charge in [0.2, 0.25) is 11.1 Å². The van der Waals surface area contributed by atoms with Crippen LogP contribution in [0.3, 0.4) is 0 Å². The Balaban J connectivity index is 1.80. The summed E-state index contributed by atoms with van der Waals surface area (Å²) in [5.41, 5.74) is 4.03. The van der Waals surface area contributed by atoms with Crippen LogP contribution in [0.4, 0.5) is 5.69 Å². The first-order valence-corrected chi connectivity index (χ1v) is 9.82. The average molecular weight is 382 g/mol. The summed E-state index contributed by atoms with van der Waals surface area (Å²) in [6, 6.07) is 15.8. The molecule has 0 saturated heterocycles. The minimum Gasteiger partial charge on any atom is -0.309 e. The molecule has 3 aromatic rings. The van der Waals surface area contributed by atoms with Crippen LogP contribution < -0.4 is 4.90 Å². The van der Waals surface area contributed by atoms with Gasteiger partial charge in [-0.25, -0.2) is 0 Å². The first kappa shape index (κ1) is 19.1. The summed E-state index contributed by atoms with van der Waals surface area (Å²) in [4.78, 5) is 14.7. The lowest BCUT2D eigenvalue weighted by molar-refractivity contribution is -0.116. The van der Waals surface area contributed by atoms with E-state index in [1.165, 1.54) is 11.8 Å². The molecule has 0 fully saturated rings. The van der Waals surface area contributed by atoms with Crippen molar-refractivity contribution >= 4 is 23.4 Å². The molecular weight excluding hydrogens is 358 g/mol. The number of aryl methyl sites for hydroxylation is 2. The van der Waals surface area contributed by atoms with Crippen molar-refractivity contribution in [1.82, 2.24) is 20.2 Å². The van der Waals surface area contributed by atoms with Crippen LogP contribution in [0.5, 0.6) is 0 Å². The number of amides is 1. The van der Waals surface area contributed by atoms with Gasteiger partial charge >= 0.3 is 0 Å². The van der Waals surface area contributed by atoms with Gasteiger partial charge in [-0.3, -0.25) is 4.79 Å². The lowest BCUT2D eigenvalue weighted by Crippen LogP contribution is -2.38. The van der Waals surface area contributed by atoms with Gasteiger partial charge in [0.05, 0.1) is 11.4 Å². The van der Waals surface area contributed by atoms with Gasteiger partial charge in [0.1, 0.15) is 0 Å². The van der Waals surface area contributed by atoms with Crippen molar-refractivity contribution in [3.63, 3.8) is 0 Å². The molecule has 0 spiro atoms. The van der Waals surface area contributed by atoms with Gasteiger partial charge in [-0.15, -0.1) is 5.10 Å². The van der Waals surface area contributed by atoms with Crippen LogP contribution in [0.2, 0.25) is 0 Å². The largest absolute Gasteiger partial charge is 0.309 e. The second kappa shape index (κ2) is 8.35. The van der Waals surface area contributed by atoms with Gasteiger partial charge < -0.3 is 4.90 Å². The number of para-hydroxylation sites is 2. The Morgan fingerprint density at radius 1 is 1.07 bits per heavy atom. The van der Waals surface area contributed by atoms with Crippen LogP contribution >= 0.6 is 11.8 Å². The van der Waals surface area contributed by atoms with E-state index in [1.54, 1.807) is 9.58 Å². The normalized spacial score (nSPS) is 11.0. The van der Waals surface area contributed by atoms with E-state index in [0.29, 0.717) is 5.16 Å². The minimum atomic E-state index is 0.0252. The molecule has 0 saturated carbocycles. The maximum Gasteiger partial charge on any atom is 0.237 e. The number of carbonyl (C=O) groups is 1. The molecule has 0 bridgehead atoms. The van der Waals surface area contributed by atoms with E-state index in [2.05, 4.69) is 15.5 Å². The Labute approximate surface area is 163 Å². The topological polar surface area (TPSA) is 63.9 Å². The number of thioether (sulfide) groups is 1. The van der Waals surface area contributed by atoms with Crippen molar-refractivity contribution < 1.29 is 4.79 Å². The third-order valence-corrected chi connectivity index (χ3v) is 5.14. The molecule has 0 aliphatic carbocycles. The number of aromatic nitrogens is 4. The highest BCUT2D eigenvalue weighted by molar-refractivity contribution is 7.99.